The van der Waals surface area contributed by atoms with E-state index in [0.717, 1.165) is 47.0 Å². The molecule has 0 aliphatic carbocycles. The van der Waals surface area contributed by atoms with Crippen molar-refractivity contribution in [3.63, 3.8) is 0 Å². The number of thiazole rings is 1. The molecule has 2 aromatic rings. The zero-order valence-electron chi connectivity index (χ0n) is 18.0. The van der Waals surface area contributed by atoms with Crippen LogP contribution in [0.15, 0.2) is 24.3 Å². The quantitative estimate of drug-likeness (QED) is 0.346. The molecule has 7 heteroatoms. The Balaban J connectivity index is 1.72. The molecular formula is C23H29NO5S. The Hall–Kier alpha value is -2.09. The van der Waals surface area contributed by atoms with Crippen molar-refractivity contribution in [2.24, 2.45) is 0 Å². The molecule has 2 heterocycles. The lowest BCUT2D eigenvalue weighted by Gasteiger charge is -2.22. The van der Waals surface area contributed by atoms with Crippen molar-refractivity contribution in [2.75, 3.05) is 6.61 Å². The van der Waals surface area contributed by atoms with Crippen LogP contribution in [0.4, 0.5) is 0 Å². The first-order valence-corrected chi connectivity index (χ1v) is 11.1. The molecule has 0 saturated carbocycles. The van der Waals surface area contributed by atoms with Gasteiger partial charge < -0.3 is 14.2 Å². The largest absolute Gasteiger partial charge is 0.460 e. The Morgan fingerprint density at radius 2 is 2.07 bits per heavy atom. The van der Waals surface area contributed by atoms with Gasteiger partial charge in [-0.3, -0.25) is 9.59 Å². The van der Waals surface area contributed by atoms with Gasteiger partial charge in [0.1, 0.15) is 12.0 Å². The van der Waals surface area contributed by atoms with Gasteiger partial charge in [-0.1, -0.05) is 18.2 Å². The highest BCUT2D eigenvalue weighted by Gasteiger charge is 2.21. The first-order valence-electron chi connectivity index (χ1n) is 10.3. The van der Waals surface area contributed by atoms with Gasteiger partial charge in [0.15, 0.2) is 12.1 Å². The maximum absolute atomic E-state index is 12.6. The highest BCUT2D eigenvalue weighted by Crippen LogP contribution is 2.30. The highest BCUT2D eigenvalue weighted by atomic mass is 32.1. The lowest BCUT2D eigenvalue weighted by atomic mass is 10.0. The molecule has 30 heavy (non-hydrogen) atoms. The predicted octanol–water partition coefficient (Wildman–Crippen LogP) is 5.08. The lowest BCUT2D eigenvalue weighted by Crippen LogP contribution is -2.25. The Labute approximate surface area is 181 Å². The van der Waals surface area contributed by atoms with E-state index in [4.69, 9.17) is 14.2 Å². The molecule has 1 atom stereocenters. The molecule has 1 aliphatic heterocycles. The summed E-state index contributed by atoms with van der Waals surface area (Å²) >= 11 is 1.58. The van der Waals surface area contributed by atoms with E-state index in [0.29, 0.717) is 12.2 Å². The van der Waals surface area contributed by atoms with Crippen LogP contribution >= 0.6 is 11.3 Å². The molecule has 3 rings (SSSR count). The number of hydrogen-bond acceptors (Lipinski definition) is 7. The molecule has 0 bridgehead atoms. The molecular weight excluding hydrogens is 402 g/mol. The third-order valence-electron chi connectivity index (χ3n) is 4.53. The van der Waals surface area contributed by atoms with Gasteiger partial charge in [-0.25, -0.2) is 4.98 Å². The number of Topliss-reactive ketones (excluding diaryl/α,β-unsaturated/α-hetero) is 1. The Morgan fingerprint density at radius 3 is 2.77 bits per heavy atom. The van der Waals surface area contributed by atoms with Crippen molar-refractivity contribution in [3.05, 3.63) is 39.7 Å². The molecule has 162 valence electrons. The fourth-order valence-corrected chi connectivity index (χ4v) is 4.14. The van der Waals surface area contributed by atoms with E-state index in [2.05, 4.69) is 4.98 Å². The smallest absolute Gasteiger partial charge is 0.314 e. The topological polar surface area (TPSA) is 74.7 Å². The van der Waals surface area contributed by atoms with Crippen molar-refractivity contribution in [2.45, 2.75) is 71.9 Å². The van der Waals surface area contributed by atoms with Crippen LogP contribution in [-0.2, 0) is 25.6 Å². The second kappa shape index (κ2) is 9.81. The molecule has 1 aliphatic rings. The van der Waals surface area contributed by atoms with Crippen LogP contribution < -0.4 is 0 Å². The molecule has 1 fully saturated rings. The second-order valence-corrected chi connectivity index (χ2v) is 9.67. The number of rotatable bonds is 7. The number of hydrogen-bond donors (Lipinski definition) is 0. The Morgan fingerprint density at radius 1 is 1.27 bits per heavy atom. The van der Waals surface area contributed by atoms with E-state index >= 15 is 0 Å². The third-order valence-corrected chi connectivity index (χ3v) is 5.47. The number of aryl methyl sites for hydroxylation is 1. The summed E-state index contributed by atoms with van der Waals surface area (Å²) < 4.78 is 16.8. The zero-order chi connectivity index (χ0) is 21.7. The number of ether oxygens (including phenoxy) is 3. The van der Waals surface area contributed by atoms with Gasteiger partial charge in [-0.2, -0.15) is 0 Å². The van der Waals surface area contributed by atoms with Crippen LogP contribution in [0.1, 0.15) is 66.7 Å². The average Bonchev–Trinajstić information content (AvgIpc) is 3.06. The van der Waals surface area contributed by atoms with Gasteiger partial charge in [-0.05, 0) is 53.0 Å². The van der Waals surface area contributed by atoms with Crippen molar-refractivity contribution >= 4 is 23.1 Å². The minimum absolute atomic E-state index is 0.171. The van der Waals surface area contributed by atoms with Crippen LogP contribution in [0.3, 0.4) is 0 Å². The first-order chi connectivity index (χ1) is 14.2. The molecule has 0 amide bonds. The van der Waals surface area contributed by atoms with Gasteiger partial charge in [0.25, 0.3) is 0 Å². The normalized spacial score (nSPS) is 17.0. The maximum Gasteiger partial charge on any atom is 0.314 e. The number of carbonyl (C=O) groups is 2. The lowest BCUT2D eigenvalue weighted by molar-refractivity contribution is -0.168. The predicted molar refractivity (Wildman–Crippen MR) is 115 cm³/mol. The van der Waals surface area contributed by atoms with Gasteiger partial charge >= 0.3 is 5.97 Å². The van der Waals surface area contributed by atoms with E-state index in [1.165, 1.54) is 0 Å². The summed E-state index contributed by atoms with van der Waals surface area (Å²) in [5.74, 6) is -0.796. The van der Waals surface area contributed by atoms with E-state index in [9.17, 15) is 9.59 Å². The summed E-state index contributed by atoms with van der Waals surface area (Å²) in [6, 6.07) is 7.21. The molecule has 0 N–H and O–H groups in total. The molecule has 1 unspecified atom stereocenters. The molecule has 1 aromatic carbocycles. The minimum atomic E-state index is -0.617. The SMILES string of the molecule is Cc1nc(-c2cccc(C(=O)CC(=O)OC(C)(C)C)c2)c(COC2CCCCO2)s1. The summed E-state index contributed by atoms with van der Waals surface area (Å²) in [6.07, 6.45) is 2.64. The van der Waals surface area contributed by atoms with E-state index in [1.807, 2.05) is 13.0 Å². The van der Waals surface area contributed by atoms with Gasteiger partial charge in [0.05, 0.1) is 22.2 Å². The molecule has 6 nitrogen and oxygen atoms in total. The minimum Gasteiger partial charge on any atom is -0.460 e. The maximum atomic E-state index is 12.6. The first kappa shape index (κ1) is 22.6. The number of aromatic nitrogens is 1. The van der Waals surface area contributed by atoms with Gasteiger partial charge in [0, 0.05) is 17.7 Å². The van der Waals surface area contributed by atoms with Crippen molar-refractivity contribution in [1.82, 2.24) is 4.98 Å². The fourth-order valence-electron chi connectivity index (χ4n) is 3.25. The molecule has 0 radical (unpaired) electrons. The second-order valence-electron chi connectivity index (χ2n) is 8.38. The standard InChI is InChI=1S/C23H29NO5S/c1-15-24-22(19(30-15)14-28-21-10-5-6-11-27-21)17-9-7-8-16(12-17)18(25)13-20(26)29-23(2,3)4/h7-9,12,21H,5-6,10-11,13-14H2,1-4H3. The van der Waals surface area contributed by atoms with Crippen molar-refractivity contribution in [3.8, 4) is 11.3 Å². The van der Waals surface area contributed by atoms with E-state index in [-0.39, 0.29) is 18.5 Å². The monoisotopic (exact) mass is 431 g/mol. The molecule has 1 aromatic heterocycles. The van der Waals surface area contributed by atoms with E-state index < -0.39 is 11.6 Å². The van der Waals surface area contributed by atoms with Crippen LogP contribution in [-0.4, -0.2) is 35.2 Å². The van der Waals surface area contributed by atoms with Crippen molar-refractivity contribution < 1.29 is 23.8 Å². The van der Waals surface area contributed by atoms with E-state index in [1.54, 1.807) is 50.3 Å². The van der Waals surface area contributed by atoms with Crippen molar-refractivity contribution in [1.29, 1.82) is 0 Å². The molecule has 1 saturated heterocycles. The number of benzene rings is 1. The summed E-state index contributed by atoms with van der Waals surface area (Å²) in [5, 5.41) is 0.929. The summed E-state index contributed by atoms with van der Waals surface area (Å²) in [7, 11) is 0. The van der Waals surface area contributed by atoms with Crippen LogP contribution in [0.2, 0.25) is 0 Å². The van der Waals surface area contributed by atoms with Gasteiger partial charge in [-0.15, -0.1) is 11.3 Å². The number of esters is 1. The summed E-state index contributed by atoms with van der Waals surface area (Å²) in [4.78, 5) is 30.2. The van der Waals surface area contributed by atoms with Gasteiger partial charge in [0.2, 0.25) is 0 Å². The highest BCUT2D eigenvalue weighted by molar-refractivity contribution is 7.12. The Bertz CT molecular complexity index is 893. The number of nitrogens with zero attached hydrogens (tertiary/aromatic N) is 1. The van der Waals surface area contributed by atoms with Crippen LogP contribution in [0, 0.1) is 6.92 Å². The third kappa shape index (κ3) is 6.45. The number of ketones is 1. The average molecular weight is 432 g/mol. The number of carbonyl (C=O) groups excluding carboxylic acids is 2. The van der Waals surface area contributed by atoms with Crippen LogP contribution in [0.5, 0.6) is 0 Å². The van der Waals surface area contributed by atoms with Crippen LogP contribution in [0.25, 0.3) is 11.3 Å². The summed E-state index contributed by atoms with van der Waals surface area (Å²) in [6.45, 7) is 8.45. The zero-order valence-corrected chi connectivity index (χ0v) is 18.8. The summed E-state index contributed by atoms with van der Waals surface area (Å²) in [5.41, 5.74) is 1.48. The fraction of sp³-hybridized carbons (Fsp3) is 0.522. The molecule has 0 spiro atoms. The Kier molecular flexibility index (Phi) is 7.39.